The largest absolute Gasteiger partial charge is 0.496 e. The van der Waals surface area contributed by atoms with Gasteiger partial charge >= 0.3 is 0 Å². The molecule has 0 heterocycles. The Bertz CT molecular complexity index is 455. The fourth-order valence-corrected chi connectivity index (χ4v) is 3.08. The van der Waals surface area contributed by atoms with Crippen molar-refractivity contribution >= 4 is 21.7 Å². The molecule has 3 nitrogen and oxygen atoms in total. The van der Waals surface area contributed by atoms with Crippen molar-refractivity contribution in [3.8, 4) is 5.75 Å². The molecule has 1 fully saturated rings. The van der Waals surface area contributed by atoms with Crippen LogP contribution in [0.1, 0.15) is 29.6 Å². The van der Waals surface area contributed by atoms with Crippen LogP contribution in [-0.4, -0.2) is 26.5 Å². The second kappa shape index (κ2) is 5.41. The van der Waals surface area contributed by atoms with Gasteiger partial charge in [-0.3, -0.25) is 4.79 Å². The van der Waals surface area contributed by atoms with Gasteiger partial charge in [-0.1, -0.05) is 6.42 Å². The third-order valence-electron chi connectivity index (χ3n) is 3.72. The van der Waals surface area contributed by atoms with Crippen molar-refractivity contribution in [2.24, 2.45) is 5.41 Å². The van der Waals surface area contributed by atoms with Gasteiger partial charge < -0.3 is 10.1 Å². The molecular formula is C14H18BrNO2. The van der Waals surface area contributed by atoms with E-state index in [-0.39, 0.29) is 11.2 Å². The molecule has 0 aliphatic heterocycles. The number of rotatable bonds is 5. The maximum absolute atomic E-state index is 12.6. The van der Waals surface area contributed by atoms with Crippen molar-refractivity contribution in [1.29, 1.82) is 0 Å². The Morgan fingerprint density at radius 1 is 1.50 bits per heavy atom. The van der Waals surface area contributed by atoms with E-state index in [1.807, 2.05) is 25.2 Å². The van der Waals surface area contributed by atoms with Gasteiger partial charge in [0.25, 0.3) is 0 Å². The minimum Gasteiger partial charge on any atom is -0.496 e. The summed E-state index contributed by atoms with van der Waals surface area (Å²) in [5, 5.41) is 3.14. The zero-order valence-electron chi connectivity index (χ0n) is 10.8. The minimum atomic E-state index is -0.192. The summed E-state index contributed by atoms with van der Waals surface area (Å²) in [7, 11) is 3.52. The Kier molecular flexibility index (Phi) is 4.07. The summed E-state index contributed by atoms with van der Waals surface area (Å²) >= 11 is 3.43. The number of carbonyl (C=O) groups is 1. The highest BCUT2D eigenvalue weighted by Gasteiger charge is 2.43. The van der Waals surface area contributed by atoms with Gasteiger partial charge in [0, 0.05) is 17.5 Å². The van der Waals surface area contributed by atoms with E-state index in [2.05, 4.69) is 21.2 Å². The number of hydrogen-bond acceptors (Lipinski definition) is 3. The van der Waals surface area contributed by atoms with Crippen LogP contribution >= 0.6 is 15.9 Å². The molecule has 2 rings (SSSR count). The van der Waals surface area contributed by atoms with Gasteiger partial charge in [-0.15, -0.1) is 0 Å². The van der Waals surface area contributed by atoms with E-state index >= 15 is 0 Å². The molecule has 0 amide bonds. The zero-order valence-corrected chi connectivity index (χ0v) is 12.3. The molecule has 0 radical (unpaired) electrons. The highest BCUT2D eigenvalue weighted by molar-refractivity contribution is 9.10. The molecule has 1 aliphatic rings. The number of halogens is 1. The van der Waals surface area contributed by atoms with E-state index in [0.29, 0.717) is 0 Å². The first kappa shape index (κ1) is 13.6. The van der Waals surface area contributed by atoms with Gasteiger partial charge in [0.05, 0.1) is 11.6 Å². The Labute approximate surface area is 116 Å². The van der Waals surface area contributed by atoms with E-state index in [9.17, 15) is 4.79 Å². The van der Waals surface area contributed by atoms with Crippen molar-refractivity contribution in [1.82, 2.24) is 5.32 Å². The van der Waals surface area contributed by atoms with Gasteiger partial charge in [0.1, 0.15) is 5.75 Å². The average Bonchev–Trinajstić information content (AvgIpc) is 2.33. The predicted octanol–water partition coefficient (Wildman–Crippen LogP) is 3.03. The lowest BCUT2D eigenvalue weighted by atomic mass is 9.64. The first-order chi connectivity index (χ1) is 8.63. The average molecular weight is 312 g/mol. The predicted molar refractivity (Wildman–Crippen MR) is 75.2 cm³/mol. The van der Waals surface area contributed by atoms with Crippen LogP contribution < -0.4 is 10.1 Å². The maximum Gasteiger partial charge on any atom is 0.170 e. The molecule has 0 aromatic heterocycles. The Morgan fingerprint density at radius 2 is 2.22 bits per heavy atom. The summed E-state index contributed by atoms with van der Waals surface area (Å²) in [5.74, 6) is 0.995. The van der Waals surface area contributed by atoms with Gasteiger partial charge in [-0.2, -0.15) is 0 Å². The van der Waals surface area contributed by atoms with Crippen molar-refractivity contribution in [3.05, 3.63) is 28.2 Å². The normalized spacial score (nSPS) is 17.1. The van der Waals surface area contributed by atoms with Crippen molar-refractivity contribution < 1.29 is 9.53 Å². The van der Waals surface area contributed by atoms with Crippen LogP contribution in [0, 0.1) is 5.41 Å². The van der Waals surface area contributed by atoms with Crippen LogP contribution in [0.4, 0.5) is 0 Å². The quantitative estimate of drug-likeness (QED) is 0.849. The van der Waals surface area contributed by atoms with Gasteiger partial charge in [0.15, 0.2) is 5.78 Å². The number of nitrogens with one attached hydrogen (secondary N) is 1. The summed E-state index contributed by atoms with van der Waals surface area (Å²) < 4.78 is 6.01. The van der Waals surface area contributed by atoms with Gasteiger partial charge in [-0.05, 0) is 54.0 Å². The molecule has 1 saturated carbocycles. The molecular weight excluding hydrogens is 294 g/mol. The van der Waals surface area contributed by atoms with Crippen LogP contribution in [0.15, 0.2) is 22.7 Å². The van der Waals surface area contributed by atoms with Crippen LogP contribution in [-0.2, 0) is 0 Å². The number of benzene rings is 1. The standard InChI is InChI=1S/C14H18BrNO2/c1-16-9-14(6-3-7-14)13(17)10-4-5-12(18-2)11(15)8-10/h4-5,8,16H,3,6-7,9H2,1-2H3. The smallest absolute Gasteiger partial charge is 0.170 e. The molecule has 0 atom stereocenters. The van der Waals surface area contributed by atoms with Crippen molar-refractivity contribution in [2.75, 3.05) is 20.7 Å². The molecule has 0 saturated heterocycles. The molecule has 1 aromatic carbocycles. The van der Waals surface area contributed by atoms with Crippen LogP contribution in [0.5, 0.6) is 5.75 Å². The molecule has 1 N–H and O–H groups in total. The second-order valence-electron chi connectivity index (χ2n) is 4.84. The lowest BCUT2D eigenvalue weighted by Crippen LogP contribution is -2.45. The molecule has 98 valence electrons. The molecule has 0 unspecified atom stereocenters. The van der Waals surface area contributed by atoms with E-state index in [1.54, 1.807) is 7.11 Å². The molecule has 18 heavy (non-hydrogen) atoms. The fraction of sp³-hybridized carbons (Fsp3) is 0.500. The monoisotopic (exact) mass is 311 g/mol. The minimum absolute atomic E-state index is 0.192. The van der Waals surface area contributed by atoms with Crippen LogP contribution in [0.3, 0.4) is 0 Å². The molecule has 1 aliphatic carbocycles. The van der Waals surface area contributed by atoms with Crippen LogP contribution in [0.25, 0.3) is 0 Å². The number of ketones is 1. The number of ether oxygens (including phenoxy) is 1. The molecule has 4 heteroatoms. The number of hydrogen-bond donors (Lipinski definition) is 1. The highest BCUT2D eigenvalue weighted by atomic mass is 79.9. The lowest BCUT2D eigenvalue weighted by molar-refractivity contribution is 0.0614. The maximum atomic E-state index is 12.6. The Morgan fingerprint density at radius 3 is 2.67 bits per heavy atom. The topological polar surface area (TPSA) is 38.3 Å². The SMILES string of the molecule is CNCC1(C(=O)c2ccc(OC)c(Br)c2)CCC1. The van der Waals surface area contributed by atoms with Crippen molar-refractivity contribution in [3.63, 3.8) is 0 Å². The summed E-state index contributed by atoms with van der Waals surface area (Å²) in [6.45, 7) is 0.759. The molecule has 0 bridgehead atoms. The summed E-state index contributed by atoms with van der Waals surface area (Å²) in [4.78, 5) is 12.6. The van der Waals surface area contributed by atoms with Crippen molar-refractivity contribution in [2.45, 2.75) is 19.3 Å². The number of methoxy groups -OCH3 is 1. The Balaban J connectivity index is 2.25. The summed E-state index contributed by atoms with van der Waals surface area (Å²) in [5.41, 5.74) is 0.570. The van der Waals surface area contributed by atoms with E-state index in [0.717, 1.165) is 41.6 Å². The third kappa shape index (κ3) is 2.31. The van der Waals surface area contributed by atoms with E-state index in [4.69, 9.17) is 4.74 Å². The number of carbonyl (C=O) groups excluding carboxylic acids is 1. The van der Waals surface area contributed by atoms with Gasteiger partial charge in [0.2, 0.25) is 0 Å². The third-order valence-corrected chi connectivity index (χ3v) is 4.34. The Hall–Kier alpha value is -0.870. The second-order valence-corrected chi connectivity index (χ2v) is 5.70. The van der Waals surface area contributed by atoms with E-state index < -0.39 is 0 Å². The van der Waals surface area contributed by atoms with Gasteiger partial charge in [-0.25, -0.2) is 0 Å². The first-order valence-corrected chi connectivity index (χ1v) is 6.95. The summed E-state index contributed by atoms with van der Waals surface area (Å²) in [6, 6.07) is 5.54. The molecule has 0 spiro atoms. The first-order valence-electron chi connectivity index (χ1n) is 6.16. The molecule has 1 aromatic rings. The fourth-order valence-electron chi connectivity index (χ4n) is 2.54. The summed E-state index contributed by atoms with van der Waals surface area (Å²) in [6.07, 6.45) is 3.11. The van der Waals surface area contributed by atoms with E-state index in [1.165, 1.54) is 0 Å². The number of Topliss-reactive ketones (excluding diaryl/α,β-unsaturated/α-hetero) is 1. The lowest BCUT2D eigenvalue weighted by Gasteiger charge is -2.40. The highest BCUT2D eigenvalue weighted by Crippen LogP contribution is 2.43. The zero-order chi connectivity index (χ0) is 13.2. The van der Waals surface area contributed by atoms with Crippen LogP contribution in [0.2, 0.25) is 0 Å².